The molecular weight excluding hydrogens is 290 g/mol. The molecule has 0 unspecified atom stereocenters. The summed E-state index contributed by atoms with van der Waals surface area (Å²) in [4.78, 5) is 17.9. The first-order valence-electron chi connectivity index (χ1n) is 6.87. The number of ether oxygens (including phenoxy) is 1. The lowest BCUT2D eigenvalue weighted by Gasteiger charge is -2.38. The first-order valence-corrected chi connectivity index (χ1v) is 6.87. The van der Waals surface area contributed by atoms with E-state index >= 15 is 0 Å². The Labute approximate surface area is 126 Å². The van der Waals surface area contributed by atoms with Gasteiger partial charge in [-0.3, -0.25) is 4.79 Å². The molecule has 0 N–H and O–H groups in total. The highest BCUT2D eigenvalue weighted by atomic mass is 19.2. The van der Waals surface area contributed by atoms with Crippen molar-refractivity contribution in [2.45, 2.75) is 13.0 Å². The van der Waals surface area contributed by atoms with Gasteiger partial charge < -0.3 is 9.64 Å². The fourth-order valence-corrected chi connectivity index (χ4v) is 2.24. The van der Waals surface area contributed by atoms with Crippen LogP contribution >= 0.6 is 0 Å². The number of halogens is 2. The number of benzene rings is 1. The number of hydrogen-bond donors (Lipinski definition) is 0. The first-order chi connectivity index (χ1) is 10.5. The number of nitrogens with zero attached hydrogens (tertiary/aromatic N) is 2. The Morgan fingerprint density at radius 2 is 2.00 bits per heavy atom. The summed E-state index contributed by atoms with van der Waals surface area (Å²) in [7, 11) is 0. The molecule has 0 atom stereocenters. The van der Waals surface area contributed by atoms with E-state index in [2.05, 4.69) is 4.98 Å². The van der Waals surface area contributed by atoms with E-state index in [1.807, 2.05) is 19.1 Å². The molecule has 4 nitrogen and oxygen atoms in total. The van der Waals surface area contributed by atoms with Crippen molar-refractivity contribution in [1.82, 2.24) is 9.88 Å². The zero-order valence-corrected chi connectivity index (χ0v) is 11.9. The fourth-order valence-electron chi connectivity index (χ4n) is 2.24. The van der Waals surface area contributed by atoms with E-state index in [0.29, 0.717) is 19.0 Å². The molecule has 1 fully saturated rings. The highest BCUT2D eigenvalue weighted by molar-refractivity contribution is 5.94. The van der Waals surface area contributed by atoms with Gasteiger partial charge in [0.25, 0.3) is 5.91 Å². The summed E-state index contributed by atoms with van der Waals surface area (Å²) in [6, 6.07) is 8.61. The van der Waals surface area contributed by atoms with Crippen molar-refractivity contribution in [2.75, 3.05) is 13.1 Å². The van der Waals surface area contributed by atoms with Gasteiger partial charge in [-0.15, -0.1) is 0 Å². The summed E-state index contributed by atoms with van der Waals surface area (Å²) in [6.07, 6.45) is -0.136. The standard InChI is InChI=1S/C16H14F2N2O2/c1-10-3-2-4-15(19-10)22-12-8-20(9-12)16(21)11-5-6-13(17)14(18)7-11/h2-7,12H,8-9H2,1H3. The summed E-state index contributed by atoms with van der Waals surface area (Å²) in [5.74, 6) is -1.81. The van der Waals surface area contributed by atoms with Crippen molar-refractivity contribution in [1.29, 1.82) is 0 Å². The van der Waals surface area contributed by atoms with E-state index in [4.69, 9.17) is 4.74 Å². The lowest BCUT2D eigenvalue weighted by Crippen LogP contribution is -2.56. The minimum Gasteiger partial charge on any atom is -0.471 e. The van der Waals surface area contributed by atoms with Gasteiger partial charge in [0.2, 0.25) is 5.88 Å². The molecule has 2 aromatic rings. The largest absolute Gasteiger partial charge is 0.471 e. The highest BCUT2D eigenvalue weighted by Crippen LogP contribution is 2.19. The number of amides is 1. The number of aryl methyl sites for hydroxylation is 1. The van der Waals surface area contributed by atoms with Crippen LogP contribution in [0.5, 0.6) is 5.88 Å². The number of hydrogen-bond acceptors (Lipinski definition) is 3. The molecule has 1 aromatic heterocycles. The normalized spacial score (nSPS) is 14.6. The molecule has 1 amide bonds. The zero-order chi connectivity index (χ0) is 15.7. The number of likely N-dealkylation sites (tertiary alicyclic amines) is 1. The van der Waals surface area contributed by atoms with Crippen LogP contribution in [0.25, 0.3) is 0 Å². The summed E-state index contributed by atoms with van der Waals surface area (Å²) in [5.41, 5.74) is 0.984. The van der Waals surface area contributed by atoms with Crippen molar-refractivity contribution < 1.29 is 18.3 Å². The van der Waals surface area contributed by atoms with E-state index in [0.717, 1.165) is 17.8 Å². The molecule has 0 saturated carbocycles. The van der Waals surface area contributed by atoms with Gasteiger partial charge in [0.05, 0.1) is 13.1 Å². The smallest absolute Gasteiger partial charge is 0.254 e. The predicted octanol–water partition coefficient (Wildman–Crippen LogP) is 2.57. The van der Waals surface area contributed by atoms with Crippen LogP contribution in [0.1, 0.15) is 16.1 Å². The Balaban J connectivity index is 1.58. The van der Waals surface area contributed by atoms with Gasteiger partial charge in [0.1, 0.15) is 6.10 Å². The molecule has 114 valence electrons. The van der Waals surface area contributed by atoms with Crippen LogP contribution in [-0.2, 0) is 0 Å². The minimum absolute atomic E-state index is 0.131. The topological polar surface area (TPSA) is 42.4 Å². The van der Waals surface area contributed by atoms with E-state index in [-0.39, 0.29) is 17.6 Å². The molecule has 1 aromatic carbocycles. The summed E-state index contributed by atoms with van der Waals surface area (Å²) >= 11 is 0. The highest BCUT2D eigenvalue weighted by Gasteiger charge is 2.33. The Morgan fingerprint density at radius 1 is 1.23 bits per heavy atom. The van der Waals surface area contributed by atoms with Crippen LogP contribution < -0.4 is 4.74 Å². The van der Waals surface area contributed by atoms with Crippen LogP contribution in [0.2, 0.25) is 0 Å². The molecule has 0 spiro atoms. The average Bonchev–Trinajstić information content (AvgIpc) is 2.45. The maximum absolute atomic E-state index is 13.1. The summed E-state index contributed by atoms with van der Waals surface area (Å²) < 4.78 is 31.7. The van der Waals surface area contributed by atoms with Crippen molar-refractivity contribution in [3.63, 3.8) is 0 Å². The number of carbonyl (C=O) groups is 1. The Morgan fingerprint density at radius 3 is 2.68 bits per heavy atom. The summed E-state index contributed by atoms with van der Waals surface area (Å²) in [6.45, 7) is 2.66. The van der Waals surface area contributed by atoms with Crippen LogP contribution in [0.4, 0.5) is 8.78 Å². The number of pyridine rings is 1. The molecule has 1 saturated heterocycles. The Hall–Kier alpha value is -2.50. The second-order valence-electron chi connectivity index (χ2n) is 5.20. The third-order valence-corrected chi connectivity index (χ3v) is 3.45. The van der Waals surface area contributed by atoms with Gasteiger partial charge in [0.15, 0.2) is 11.6 Å². The van der Waals surface area contributed by atoms with Crippen LogP contribution in [0, 0.1) is 18.6 Å². The Kier molecular flexibility index (Phi) is 3.75. The predicted molar refractivity (Wildman–Crippen MR) is 75.7 cm³/mol. The van der Waals surface area contributed by atoms with Gasteiger partial charge in [-0.1, -0.05) is 6.07 Å². The molecule has 0 radical (unpaired) electrons. The van der Waals surface area contributed by atoms with Gasteiger partial charge in [-0.05, 0) is 31.2 Å². The molecule has 6 heteroatoms. The molecule has 1 aliphatic rings. The van der Waals surface area contributed by atoms with Crippen molar-refractivity contribution in [2.24, 2.45) is 0 Å². The number of aromatic nitrogens is 1. The van der Waals surface area contributed by atoms with Crippen molar-refractivity contribution in [3.8, 4) is 5.88 Å². The van der Waals surface area contributed by atoms with Gasteiger partial charge in [-0.25, -0.2) is 13.8 Å². The fraction of sp³-hybridized carbons (Fsp3) is 0.250. The maximum atomic E-state index is 13.1. The average molecular weight is 304 g/mol. The van der Waals surface area contributed by atoms with E-state index in [9.17, 15) is 13.6 Å². The van der Waals surface area contributed by atoms with Gasteiger partial charge >= 0.3 is 0 Å². The van der Waals surface area contributed by atoms with Crippen molar-refractivity contribution in [3.05, 3.63) is 59.3 Å². The third kappa shape index (κ3) is 2.90. The van der Waals surface area contributed by atoms with Gasteiger partial charge in [0, 0.05) is 17.3 Å². The monoisotopic (exact) mass is 304 g/mol. The first kappa shape index (κ1) is 14.4. The number of carbonyl (C=O) groups excluding carboxylic acids is 1. The van der Waals surface area contributed by atoms with Gasteiger partial charge in [-0.2, -0.15) is 0 Å². The molecule has 22 heavy (non-hydrogen) atoms. The molecule has 0 aliphatic carbocycles. The number of rotatable bonds is 3. The molecule has 0 bridgehead atoms. The second kappa shape index (κ2) is 5.71. The maximum Gasteiger partial charge on any atom is 0.254 e. The molecular formula is C16H14F2N2O2. The lowest BCUT2D eigenvalue weighted by molar-refractivity contribution is 0.0159. The van der Waals surface area contributed by atoms with Crippen LogP contribution in [0.3, 0.4) is 0 Å². The summed E-state index contributed by atoms with van der Waals surface area (Å²) in [5, 5.41) is 0. The quantitative estimate of drug-likeness (QED) is 0.875. The van der Waals surface area contributed by atoms with Crippen molar-refractivity contribution >= 4 is 5.91 Å². The lowest BCUT2D eigenvalue weighted by atomic mass is 10.1. The third-order valence-electron chi connectivity index (χ3n) is 3.45. The molecule has 3 rings (SSSR count). The SMILES string of the molecule is Cc1cccc(OC2CN(C(=O)c3ccc(F)c(F)c3)C2)n1. The molecule has 2 heterocycles. The van der Waals surface area contributed by atoms with Crippen LogP contribution in [-0.4, -0.2) is 35.0 Å². The Bertz CT molecular complexity index is 715. The minimum atomic E-state index is -1.02. The van der Waals surface area contributed by atoms with E-state index < -0.39 is 11.6 Å². The second-order valence-corrected chi connectivity index (χ2v) is 5.20. The van der Waals surface area contributed by atoms with E-state index in [1.165, 1.54) is 11.0 Å². The van der Waals surface area contributed by atoms with Crippen LogP contribution in [0.15, 0.2) is 36.4 Å². The zero-order valence-electron chi connectivity index (χ0n) is 11.9. The molecule has 1 aliphatic heterocycles. The van der Waals surface area contributed by atoms with E-state index in [1.54, 1.807) is 6.07 Å².